The van der Waals surface area contributed by atoms with Crippen molar-refractivity contribution in [2.24, 2.45) is 5.92 Å². The Morgan fingerprint density at radius 3 is 2.61 bits per heavy atom. The van der Waals surface area contributed by atoms with Crippen LogP contribution in [0, 0.1) is 5.92 Å². The number of ether oxygens (including phenoxy) is 1. The molecule has 0 spiro atoms. The summed E-state index contributed by atoms with van der Waals surface area (Å²) in [5, 5.41) is 0. The van der Waals surface area contributed by atoms with Crippen LogP contribution in [0.2, 0.25) is 0 Å². The fourth-order valence-electron chi connectivity index (χ4n) is 4.73. The second-order valence-corrected chi connectivity index (χ2v) is 8.06. The van der Waals surface area contributed by atoms with Crippen molar-refractivity contribution < 1.29 is 9.53 Å². The van der Waals surface area contributed by atoms with E-state index in [4.69, 9.17) is 4.74 Å². The minimum atomic E-state index is -0.0558. The summed E-state index contributed by atoms with van der Waals surface area (Å²) >= 11 is 0. The first kappa shape index (κ1) is 19.2. The molecule has 4 nitrogen and oxygen atoms in total. The predicted octanol–water partition coefficient (Wildman–Crippen LogP) is 3.71. The first-order valence-electron chi connectivity index (χ1n) is 10.4. The molecule has 2 aliphatic rings. The molecule has 1 unspecified atom stereocenters. The molecular weight excluding hydrogens is 348 g/mol. The van der Waals surface area contributed by atoms with Crippen LogP contribution in [-0.2, 0) is 17.8 Å². The maximum Gasteiger partial charge on any atom is 0.141 e. The number of rotatable bonds is 7. The number of hydrogen-bond acceptors (Lipinski definition) is 4. The fraction of sp³-hybridized carbons (Fsp3) is 0.458. The number of hydrogen-bond donors (Lipinski definition) is 0. The molecule has 0 N–H and O–H groups in total. The van der Waals surface area contributed by atoms with E-state index in [1.807, 2.05) is 18.2 Å². The third kappa shape index (κ3) is 4.13. The van der Waals surface area contributed by atoms with Crippen LogP contribution in [0.15, 0.2) is 48.5 Å². The number of fused-ring (bicyclic) bond motifs is 1. The number of carbonyl (C=O) groups is 1. The SMILES string of the molecule is COc1ccccc1CCN1CCC(CN2Cc3ccccc3C2C=O)CC1. The summed E-state index contributed by atoms with van der Waals surface area (Å²) < 4.78 is 5.47. The van der Waals surface area contributed by atoms with E-state index in [2.05, 4.69) is 40.1 Å². The van der Waals surface area contributed by atoms with Crippen molar-refractivity contribution in [3.05, 3.63) is 65.2 Å². The summed E-state index contributed by atoms with van der Waals surface area (Å²) in [6.07, 6.45) is 4.58. The number of carbonyl (C=O) groups excluding carboxylic acids is 1. The Morgan fingerprint density at radius 2 is 1.82 bits per heavy atom. The van der Waals surface area contributed by atoms with Crippen LogP contribution in [0.3, 0.4) is 0 Å². The highest BCUT2D eigenvalue weighted by Gasteiger charge is 2.32. The standard InChI is InChI=1S/C24H30N2O2/c1-28-24-9-5-3-6-20(24)12-15-25-13-10-19(11-14-25)16-26-17-21-7-2-4-8-22(21)23(26)18-27/h2-9,18-19,23H,10-17H2,1H3. The van der Waals surface area contributed by atoms with Crippen molar-refractivity contribution in [2.45, 2.75) is 31.8 Å². The average molecular weight is 379 g/mol. The van der Waals surface area contributed by atoms with E-state index in [0.29, 0.717) is 5.92 Å². The van der Waals surface area contributed by atoms with Gasteiger partial charge in [-0.1, -0.05) is 42.5 Å². The minimum absolute atomic E-state index is 0.0558. The summed E-state index contributed by atoms with van der Waals surface area (Å²) in [6, 6.07) is 16.6. The Bertz CT molecular complexity index is 799. The molecule has 1 atom stereocenters. The summed E-state index contributed by atoms with van der Waals surface area (Å²) in [5.74, 6) is 1.67. The van der Waals surface area contributed by atoms with Gasteiger partial charge < -0.3 is 14.4 Å². The third-order valence-electron chi connectivity index (χ3n) is 6.36. The van der Waals surface area contributed by atoms with E-state index < -0.39 is 0 Å². The van der Waals surface area contributed by atoms with Crippen molar-refractivity contribution >= 4 is 6.29 Å². The second kappa shape index (κ2) is 8.89. The molecule has 0 radical (unpaired) electrons. The molecule has 0 aromatic heterocycles. The summed E-state index contributed by atoms with van der Waals surface area (Å²) in [4.78, 5) is 16.6. The Morgan fingerprint density at radius 1 is 1.07 bits per heavy atom. The molecular formula is C24H30N2O2. The topological polar surface area (TPSA) is 32.8 Å². The van der Waals surface area contributed by atoms with Crippen molar-refractivity contribution in [2.75, 3.05) is 33.3 Å². The lowest BCUT2D eigenvalue weighted by Gasteiger charge is -2.34. The van der Waals surface area contributed by atoms with E-state index in [9.17, 15) is 4.79 Å². The number of piperidine rings is 1. The molecule has 0 saturated carbocycles. The number of benzene rings is 2. The first-order chi connectivity index (χ1) is 13.8. The smallest absolute Gasteiger partial charge is 0.141 e. The van der Waals surface area contributed by atoms with Gasteiger partial charge >= 0.3 is 0 Å². The molecule has 2 aromatic rings. The molecule has 2 heterocycles. The van der Waals surface area contributed by atoms with Gasteiger partial charge in [-0.25, -0.2) is 0 Å². The molecule has 1 fully saturated rings. The molecule has 0 bridgehead atoms. The largest absolute Gasteiger partial charge is 0.496 e. The van der Waals surface area contributed by atoms with Crippen molar-refractivity contribution in [1.82, 2.24) is 9.80 Å². The molecule has 0 amide bonds. The zero-order valence-electron chi connectivity index (χ0n) is 16.7. The maximum atomic E-state index is 11.7. The third-order valence-corrected chi connectivity index (χ3v) is 6.36. The Labute approximate surface area is 168 Å². The minimum Gasteiger partial charge on any atom is -0.496 e. The lowest BCUT2D eigenvalue weighted by atomic mass is 9.95. The van der Waals surface area contributed by atoms with Gasteiger partial charge in [0.05, 0.1) is 13.2 Å². The van der Waals surface area contributed by atoms with Crippen LogP contribution in [0.4, 0.5) is 0 Å². The van der Waals surface area contributed by atoms with Crippen molar-refractivity contribution in [3.8, 4) is 5.75 Å². The highest BCUT2D eigenvalue weighted by atomic mass is 16.5. The molecule has 4 heteroatoms. The Balaban J connectivity index is 1.26. The number of nitrogens with zero attached hydrogens (tertiary/aromatic N) is 2. The van der Waals surface area contributed by atoms with E-state index >= 15 is 0 Å². The zero-order chi connectivity index (χ0) is 19.3. The second-order valence-electron chi connectivity index (χ2n) is 8.06. The van der Waals surface area contributed by atoms with E-state index in [0.717, 1.165) is 51.2 Å². The summed E-state index contributed by atoms with van der Waals surface area (Å²) in [6.45, 7) is 5.31. The number of methoxy groups -OCH3 is 1. The molecule has 1 saturated heterocycles. The Kier molecular flexibility index (Phi) is 6.08. The number of aldehydes is 1. The monoisotopic (exact) mass is 378 g/mol. The van der Waals surface area contributed by atoms with Gasteiger partial charge in [0.2, 0.25) is 0 Å². The highest BCUT2D eigenvalue weighted by molar-refractivity contribution is 5.64. The summed E-state index contributed by atoms with van der Waals surface area (Å²) in [5.41, 5.74) is 3.80. The lowest BCUT2D eigenvalue weighted by Crippen LogP contribution is -2.39. The number of likely N-dealkylation sites (tertiary alicyclic amines) is 1. The van der Waals surface area contributed by atoms with Crippen LogP contribution in [0.5, 0.6) is 5.75 Å². The van der Waals surface area contributed by atoms with Gasteiger partial charge in [0.1, 0.15) is 12.0 Å². The molecule has 4 rings (SSSR count). The molecule has 2 aliphatic heterocycles. The molecule has 0 aliphatic carbocycles. The van der Waals surface area contributed by atoms with Crippen LogP contribution in [0.1, 0.15) is 35.6 Å². The zero-order valence-corrected chi connectivity index (χ0v) is 16.7. The van der Waals surface area contributed by atoms with Crippen LogP contribution in [-0.4, -0.2) is 49.4 Å². The van der Waals surface area contributed by atoms with Gasteiger partial charge in [-0.3, -0.25) is 4.90 Å². The summed E-state index contributed by atoms with van der Waals surface area (Å²) in [7, 11) is 1.74. The van der Waals surface area contributed by atoms with E-state index in [-0.39, 0.29) is 6.04 Å². The van der Waals surface area contributed by atoms with Gasteiger partial charge in [0.15, 0.2) is 0 Å². The maximum absolute atomic E-state index is 11.7. The molecule has 28 heavy (non-hydrogen) atoms. The van der Waals surface area contributed by atoms with Crippen molar-refractivity contribution in [3.63, 3.8) is 0 Å². The molecule has 148 valence electrons. The van der Waals surface area contributed by atoms with Gasteiger partial charge in [0.25, 0.3) is 0 Å². The fourth-order valence-corrected chi connectivity index (χ4v) is 4.73. The lowest BCUT2D eigenvalue weighted by molar-refractivity contribution is -0.112. The van der Waals surface area contributed by atoms with Crippen LogP contribution < -0.4 is 4.74 Å². The van der Waals surface area contributed by atoms with Crippen LogP contribution >= 0.6 is 0 Å². The average Bonchev–Trinajstić information content (AvgIpc) is 3.10. The van der Waals surface area contributed by atoms with Gasteiger partial charge in [-0.2, -0.15) is 0 Å². The predicted molar refractivity (Wildman–Crippen MR) is 112 cm³/mol. The normalized spacial score (nSPS) is 20.8. The highest BCUT2D eigenvalue weighted by Crippen LogP contribution is 2.34. The Hall–Kier alpha value is -2.17. The van der Waals surface area contributed by atoms with Crippen LogP contribution in [0.25, 0.3) is 0 Å². The van der Waals surface area contributed by atoms with E-state index in [1.165, 1.54) is 29.5 Å². The molecule has 2 aromatic carbocycles. The number of para-hydroxylation sites is 1. The first-order valence-corrected chi connectivity index (χ1v) is 10.4. The van der Waals surface area contributed by atoms with Gasteiger partial charge in [-0.15, -0.1) is 0 Å². The van der Waals surface area contributed by atoms with Crippen molar-refractivity contribution in [1.29, 1.82) is 0 Å². The van der Waals surface area contributed by atoms with Gasteiger partial charge in [0, 0.05) is 19.6 Å². The quantitative estimate of drug-likeness (QED) is 0.688. The van der Waals surface area contributed by atoms with Gasteiger partial charge in [-0.05, 0) is 61.0 Å². The van der Waals surface area contributed by atoms with E-state index in [1.54, 1.807) is 7.11 Å².